The first-order chi connectivity index (χ1) is 8.43. The molecule has 0 saturated carbocycles. The van der Waals surface area contributed by atoms with Gasteiger partial charge in [0.1, 0.15) is 5.69 Å². The molecule has 0 aliphatic rings. The van der Waals surface area contributed by atoms with Crippen molar-refractivity contribution in [3.63, 3.8) is 0 Å². The maximum Gasteiger partial charge on any atom is 0.352 e. The van der Waals surface area contributed by atoms with Crippen LogP contribution in [0, 0.1) is 0 Å². The Labute approximate surface area is 104 Å². The van der Waals surface area contributed by atoms with Crippen LogP contribution in [-0.4, -0.2) is 40.5 Å². The average molecular weight is 252 g/mol. The molecule has 6 nitrogen and oxygen atoms in total. The summed E-state index contributed by atoms with van der Waals surface area (Å²) in [5.41, 5.74) is -0.424. The van der Waals surface area contributed by atoms with E-state index in [0.29, 0.717) is 6.42 Å². The molecule has 1 aromatic heterocycles. The Balaban J connectivity index is 2.76. The minimum atomic E-state index is -1.15. The van der Waals surface area contributed by atoms with Gasteiger partial charge in [0, 0.05) is 33.1 Å². The number of hydrogen-bond acceptors (Lipinski definition) is 3. The third kappa shape index (κ3) is 3.44. The smallest absolute Gasteiger partial charge is 0.352 e. The molecule has 1 heterocycles. The van der Waals surface area contributed by atoms with Crippen LogP contribution >= 0.6 is 0 Å². The summed E-state index contributed by atoms with van der Waals surface area (Å²) in [4.78, 5) is 35.3. The molecule has 18 heavy (non-hydrogen) atoms. The lowest BCUT2D eigenvalue weighted by Crippen LogP contribution is -2.26. The van der Waals surface area contributed by atoms with Gasteiger partial charge in [-0.05, 0) is 12.5 Å². The highest BCUT2D eigenvalue weighted by molar-refractivity contribution is 5.85. The van der Waals surface area contributed by atoms with Crippen molar-refractivity contribution in [2.24, 2.45) is 0 Å². The Hall–Kier alpha value is -2.11. The average Bonchev–Trinajstić information content (AvgIpc) is 2.30. The van der Waals surface area contributed by atoms with Gasteiger partial charge in [-0.1, -0.05) is 6.07 Å². The lowest BCUT2D eigenvalue weighted by atomic mass is 10.2. The number of aromatic nitrogens is 1. The maximum absolute atomic E-state index is 11.6. The first-order valence-corrected chi connectivity index (χ1v) is 5.57. The van der Waals surface area contributed by atoms with Crippen molar-refractivity contribution in [1.82, 2.24) is 9.47 Å². The molecule has 0 radical (unpaired) electrons. The second-order valence-corrected chi connectivity index (χ2v) is 4.10. The number of aromatic carboxylic acids is 1. The van der Waals surface area contributed by atoms with E-state index in [4.69, 9.17) is 5.11 Å². The van der Waals surface area contributed by atoms with Crippen LogP contribution < -0.4 is 5.56 Å². The van der Waals surface area contributed by atoms with Crippen molar-refractivity contribution in [3.05, 3.63) is 34.2 Å². The number of carboxylic acid groups (broad SMARTS) is 1. The van der Waals surface area contributed by atoms with E-state index in [1.54, 1.807) is 14.1 Å². The second kappa shape index (κ2) is 6.00. The molecule has 0 aliphatic carbocycles. The number of pyridine rings is 1. The fourth-order valence-electron chi connectivity index (χ4n) is 1.55. The molecule has 6 heteroatoms. The van der Waals surface area contributed by atoms with E-state index < -0.39 is 5.97 Å². The largest absolute Gasteiger partial charge is 0.477 e. The minimum absolute atomic E-state index is 0.0455. The zero-order valence-electron chi connectivity index (χ0n) is 10.4. The first-order valence-electron chi connectivity index (χ1n) is 5.57. The molecular weight excluding hydrogens is 236 g/mol. The normalized spacial score (nSPS) is 10.1. The Morgan fingerprint density at radius 3 is 2.56 bits per heavy atom. The summed E-state index contributed by atoms with van der Waals surface area (Å²) in [6, 6.07) is 4.09. The number of amides is 1. The molecule has 0 aliphatic heterocycles. The van der Waals surface area contributed by atoms with Crippen LogP contribution in [0.2, 0.25) is 0 Å². The van der Waals surface area contributed by atoms with Gasteiger partial charge in [-0.3, -0.25) is 9.59 Å². The van der Waals surface area contributed by atoms with Gasteiger partial charge in [-0.2, -0.15) is 0 Å². The molecule has 0 atom stereocenters. The quantitative estimate of drug-likeness (QED) is 0.823. The lowest BCUT2D eigenvalue weighted by molar-refractivity contribution is -0.128. The van der Waals surface area contributed by atoms with E-state index in [-0.39, 0.29) is 30.1 Å². The van der Waals surface area contributed by atoms with Gasteiger partial charge >= 0.3 is 5.97 Å². The Kier molecular flexibility index (Phi) is 4.65. The van der Waals surface area contributed by atoms with Crippen LogP contribution in [0.25, 0.3) is 0 Å². The number of carboxylic acids is 1. The molecule has 0 saturated heterocycles. The van der Waals surface area contributed by atoms with Crippen molar-refractivity contribution in [3.8, 4) is 0 Å². The summed E-state index contributed by atoms with van der Waals surface area (Å²) >= 11 is 0. The Morgan fingerprint density at radius 1 is 1.33 bits per heavy atom. The summed E-state index contributed by atoms with van der Waals surface area (Å²) < 4.78 is 1.17. The zero-order chi connectivity index (χ0) is 13.7. The number of hydrogen-bond donors (Lipinski definition) is 1. The van der Waals surface area contributed by atoms with Gasteiger partial charge in [0.05, 0.1) is 0 Å². The summed E-state index contributed by atoms with van der Waals surface area (Å²) in [6.07, 6.45) is 0.717. The van der Waals surface area contributed by atoms with Crippen molar-refractivity contribution >= 4 is 11.9 Å². The predicted octanol–water partition coefficient (Wildman–Crippen LogP) is 0.415. The molecule has 1 aromatic rings. The SMILES string of the molecule is CN(C)C(=O)CCCn1c(C(=O)O)cccc1=O. The molecule has 0 aromatic carbocycles. The highest BCUT2D eigenvalue weighted by Crippen LogP contribution is 2.01. The fraction of sp³-hybridized carbons (Fsp3) is 0.417. The molecular formula is C12H16N2O4. The van der Waals surface area contributed by atoms with Gasteiger partial charge in [-0.25, -0.2) is 4.79 Å². The van der Waals surface area contributed by atoms with Crippen LogP contribution in [0.3, 0.4) is 0 Å². The highest BCUT2D eigenvalue weighted by Gasteiger charge is 2.11. The molecule has 0 unspecified atom stereocenters. The number of rotatable bonds is 5. The van der Waals surface area contributed by atoms with Crippen molar-refractivity contribution in [1.29, 1.82) is 0 Å². The Bertz CT molecular complexity index is 505. The first kappa shape index (κ1) is 14.0. The molecule has 0 fully saturated rings. The van der Waals surface area contributed by atoms with E-state index in [0.717, 1.165) is 0 Å². The molecule has 1 amide bonds. The molecule has 0 spiro atoms. The van der Waals surface area contributed by atoms with Crippen LogP contribution in [0.4, 0.5) is 0 Å². The minimum Gasteiger partial charge on any atom is -0.477 e. The second-order valence-electron chi connectivity index (χ2n) is 4.10. The van der Waals surface area contributed by atoms with E-state index in [1.165, 1.54) is 27.7 Å². The lowest BCUT2D eigenvalue weighted by Gasteiger charge is -2.11. The third-order valence-electron chi connectivity index (χ3n) is 2.54. The third-order valence-corrected chi connectivity index (χ3v) is 2.54. The molecule has 0 bridgehead atoms. The summed E-state index contributed by atoms with van der Waals surface area (Å²) in [7, 11) is 3.30. The van der Waals surface area contributed by atoms with Crippen LogP contribution in [0.15, 0.2) is 23.0 Å². The van der Waals surface area contributed by atoms with Gasteiger partial charge in [-0.15, -0.1) is 0 Å². The molecule has 1 rings (SSSR count). The van der Waals surface area contributed by atoms with Gasteiger partial charge in [0.15, 0.2) is 0 Å². The Morgan fingerprint density at radius 2 is 2.00 bits per heavy atom. The van der Waals surface area contributed by atoms with Crippen molar-refractivity contribution < 1.29 is 14.7 Å². The van der Waals surface area contributed by atoms with Crippen LogP contribution in [0.1, 0.15) is 23.3 Å². The van der Waals surface area contributed by atoms with Gasteiger partial charge in [0.25, 0.3) is 5.56 Å². The molecule has 98 valence electrons. The number of carbonyl (C=O) groups excluding carboxylic acids is 1. The summed E-state index contributed by atoms with van der Waals surface area (Å²) in [5.74, 6) is -1.19. The monoisotopic (exact) mass is 252 g/mol. The summed E-state index contributed by atoms with van der Waals surface area (Å²) in [6.45, 7) is 0.223. The van der Waals surface area contributed by atoms with Gasteiger partial charge < -0.3 is 14.6 Å². The van der Waals surface area contributed by atoms with Gasteiger partial charge in [0.2, 0.25) is 5.91 Å². The zero-order valence-corrected chi connectivity index (χ0v) is 10.4. The number of carbonyl (C=O) groups is 2. The number of nitrogens with zero attached hydrogens (tertiary/aromatic N) is 2. The fourth-order valence-corrected chi connectivity index (χ4v) is 1.55. The topological polar surface area (TPSA) is 79.6 Å². The summed E-state index contributed by atoms with van der Waals surface area (Å²) in [5, 5.41) is 8.95. The van der Waals surface area contributed by atoms with E-state index >= 15 is 0 Å². The highest BCUT2D eigenvalue weighted by atomic mass is 16.4. The van der Waals surface area contributed by atoms with Crippen molar-refractivity contribution in [2.75, 3.05) is 14.1 Å². The van der Waals surface area contributed by atoms with Crippen LogP contribution in [-0.2, 0) is 11.3 Å². The van der Waals surface area contributed by atoms with Crippen molar-refractivity contribution in [2.45, 2.75) is 19.4 Å². The maximum atomic E-state index is 11.6. The molecule has 1 N–H and O–H groups in total. The van der Waals surface area contributed by atoms with E-state index in [1.807, 2.05) is 0 Å². The predicted molar refractivity (Wildman–Crippen MR) is 65.6 cm³/mol. The standard InChI is InChI=1S/C12H16N2O4/c1-13(2)10(15)7-4-8-14-9(12(17)18)5-3-6-11(14)16/h3,5-6H,4,7-8H2,1-2H3,(H,17,18). The van der Waals surface area contributed by atoms with Crippen LogP contribution in [0.5, 0.6) is 0 Å². The van der Waals surface area contributed by atoms with E-state index in [2.05, 4.69) is 0 Å². The van der Waals surface area contributed by atoms with E-state index in [9.17, 15) is 14.4 Å².